The molecule has 5 nitrogen and oxygen atoms in total. The number of hydrogen-bond acceptors (Lipinski definition) is 4. The summed E-state index contributed by atoms with van der Waals surface area (Å²) in [5.74, 6) is 1.65. The zero-order valence-corrected chi connectivity index (χ0v) is 12.6. The van der Waals surface area contributed by atoms with E-state index < -0.39 is 0 Å². The highest BCUT2D eigenvalue weighted by molar-refractivity contribution is 5.27. The Balaban J connectivity index is 1.87. The minimum Gasteiger partial charge on any atom is -0.486 e. The van der Waals surface area contributed by atoms with E-state index in [-0.39, 0.29) is 5.54 Å². The first-order chi connectivity index (χ1) is 9.44. The molecular formula is C15H22N4O. The fourth-order valence-corrected chi connectivity index (χ4v) is 1.66. The third-order valence-corrected chi connectivity index (χ3v) is 2.92. The molecule has 5 heteroatoms. The molecule has 2 rings (SSSR count). The Morgan fingerprint density at radius 3 is 2.45 bits per heavy atom. The van der Waals surface area contributed by atoms with Crippen LogP contribution in [0.25, 0.3) is 0 Å². The first-order valence-electron chi connectivity index (χ1n) is 6.74. The lowest BCUT2D eigenvalue weighted by Crippen LogP contribution is -2.34. The van der Waals surface area contributed by atoms with E-state index in [2.05, 4.69) is 48.4 Å². The molecule has 0 saturated heterocycles. The Hall–Kier alpha value is -1.88. The summed E-state index contributed by atoms with van der Waals surface area (Å²) in [6.45, 7) is 7.76. The van der Waals surface area contributed by atoms with Crippen LogP contribution in [0.5, 0.6) is 5.75 Å². The summed E-state index contributed by atoms with van der Waals surface area (Å²) in [5, 5.41) is 11.3. The molecule has 1 aromatic heterocycles. The molecule has 0 fully saturated rings. The van der Waals surface area contributed by atoms with E-state index in [1.165, 1.54) is 5.56 Å². The number of rotatable bonds is 5. The number of aromatic nitrogens is 3. The molecule has 0 amide bonds. The molecule has 20 heavy (non-hydrogen) atoms. The highest BCUT2D eigenvalue weighted by Gasteiger charge is 2.08. The van der Waals surface area contributed by atoms with Crippen LogP contribution >= 0.6 is 0 Å². The number of aryl methyl sites for hydroxylation is 1. The van der Waals surface area contributed by atoms with E-state index in [4.69, 9.17) is 4.74 Å². The Morgan fingerprint density at radius 2 is 1.90 bits per heavy atom. The smallest absolute Gasteiger partial charge is 0.170 e. The van der Waals surface area contributed by atoms with Crippen LogP contribution in [-0.4, -0.2) is 20.3 Å². The van der Waals surface area contributed by atoms with Crippen molar-refractivity contribution in [2.45, 2.75) is 39.5 Å². The second-order valence-electron chi connectivity index (χ2n) is 5.89. The highest BCUT2D eigenvalue weighted by atomic mass is 16.5. The van der Waals surface area contributed by atoms with E-state index in [9.17, 15) is 0 Å². The predicted octanol–water partition coefficient (Wildman–Crippen LogP) is 2.28. The third-order valence-electron chi connectivity index (χ3n) is 2.92. The van der Waals surface area contributed by atoms with Gasteiger partial charge in [0.1, 0.15) is 18.7 Å². The molecule has 0 bridgehead atoms. The van der Waals surface area contributed by atoms with Gasteiger partial charge in [-0.25, -0.2) is 0 Å². The molecule has 2 aromatic rings. The Labute approximate surface area is 120 Å². The summed E-state index contributed by atoms with van der Waals surface area (Å²) in [6.07, 6.45) is 1.67. The summed E-state index contributed by atoms with van der Waals surface area (Å²) in [6, 6.07) is 8.11. The number of hydrogen-bond donors (Lipinski definition) is 1. The Bertz CT molecular complexity index is 540. The van der Waals surface area contributed by atoms with Crippen molar-refractivity contribution in [1.82, 2.24) is 20.1 Å². The minimum atomic E-state index is 0.125. The third kappa shape index (κ3) is 4.35. The normalized spacial score (nSPS) is 11.6. The van der Waals surface area contributed by atoms with E-state index in [1.807, 2.05) is 23.7 Å². The summed E-state index contributed by atoms with van der Waals surface area (Å²) >= 11 is 0. The van der Waals surface area contributed by atoms with Crippen molar-refractivity contribution in [3.05, 3.63) is 42.0 Å². The number of benzene rings is 1. The fourth-order valence-electron chi connectivity index (χ4n) is 1.66. The molecule has 1 N–H and O–H groups in total. The zero-order valence-electron chi connectivity index (χ0n) is 12.6. The highest BCUT2D eigenvalue weighted by Crippen LogP contribution is 2.14. The van der Waals surface area contributed by atoms with Gasteiger partial charge in [0, 0.05) is 19.1 Å². The van der Waals surface area contributed by atoms with Crippen LogP contribution in [0.15, 0.2) is 30.6 Å². The standard InChI is InChI=1S/C15H22N4O/c1-15(2,3)16-9-12-5-7-13(8-6-12)20-10-14-18-17-11-19(14)4/h5-8,11,16H,9-10H2,1-4H3. The molecular weight excluding hydrogens is 252 g/mol. The first-order valence-corrected chi connectivity index (χ1v) is 6.74. The van der Waals surface area contributed by atoms with E-state index in [0.29, 0.717) is 6.61 Å². The van der Waals surface area contributed by atoms with Crippen molar-refractivity contribution in [2.24, 2.45) is 7.05 Å². The SMILES string of the molecule is Cn1cnnc1COc1ccc(CNC(C)(C)C)cc1. The number of ether oxygens (including phenoxy) is 1. The summed E-state index contributed by atoms with van der Waals surface area (Å²) in [7, 11) is 1.90. The summed E-state index contributed by atoms with van der Waals surface area (Å²) in [4.78, 5) is 0. The second kappa shape index (κ2) is 6.05. The van der Waals surface area contributed by atoms with Crippen molar-refractivity contribution in [3.8, 4) is 5.75 Å². The largest absolute Gasteiger partial charge is 0.486 e. The molecule has 0 aliphatic heterocycles. The Morgan fingerprint density at radius 1 is 1.20 bits per heavy atom. The quantitative estimate of drug-likeness (QED) is 0.909. The van der Waals surface area contributed by atoms with Crippen LogP contribution in [0, 0.1) is 0 Å². The van der Waals surface area contributed by atoms with Gasteiger partial charge in [0.2, 0.25) is 0 Å². The summed E-state index contributed by atoms with van der Waals surface area (Å²) in [5.41, 5.74) is 1.37. The average Bonchev–Trinajstić information content (AvgIpc) is 2.80. The van der Waals surface area contributed by atoms with Crippen molar-refractivity contribution in [1.29, 1.82) is 0 Å². The molecule has 108 valence electrons. The molecule has 1 aromatic carbocycles. The molecule has 0 atom stereocenters. The van der Waals surface area contributed by atoms with Crippen LogP contribution in [-0.2, 0) is 20.2 Å². The summed E-state index contributed by atoms with van der Waals surface area (Å²) < 4.78 is 7.54. The monoisotopic (exact) mass is 274 g/mol. The van der Waals surface area contributed by atoms with E-state index >= 15 is 0 Å². The van der Waals surface area contributed by atoms with Gasteiger partial charge in [-0.3, -0.25) is 0 Å². The van der Waals surface area contributed by atoms with Crippen LogP contribution in [0.1, 0.15) is 32.2 Å². The van der Waals surface area contributed by atoms with Crippen LogP contribution in [0.2, 0.25) is 0 Å². The maximum absolute atomic E-state index is 5.69. The van der Waals surface area contributed by atoms with Crippen molar-refractivity contribution in [3.63, 3.8) is 0 Å². The van der Waals surface area contributed by atoms with Crippen LogP contribution in [0.3, 0.4) is 0 Å². The topological polar surface area (TPSA) is 52.0 Å². The van der Waals surface area contributed by atoms with E-state index in [0.717, 1.165) is 18.1 Å². The molecule has 1 heterocycles. The van der Waals surface area contributed by atoms with Gasteiger partial charge in [-0.05, 0) is 38.5 Å². The molecule has 0 radical (unpaired) electrons. The fraction of sp³-hybridized carbons (Fsp3) is 0.467. The lowest BCUT2D eigenvalue weighted by atomic mass is 10.1. The van der Waals surface area contributed by atoms with Gasteiger partial charge in [-0.1, -0.05) is 12.1 Å². The molecule has 0 aliphatic rings. The van der Waals surface area contributed by atoms with Gasteiger partial charge in [0.25, 0.3) is 0 Å². The molecule has 0 saturated carbocycles. The zero-order chi connectivity index (χ0) is 14.6. The van der Waals surface area contributed by atoms with Crippen molar-refractivity contribution in [2.75, 3.05) is 0 Å². The second-order valence-corrected chi connectivity index (χ2v) is 5.89. The van der Waals surface area contributed by atoms with Crippen LogP contribution in [0.4, 0.5) is 0 Å². The van der Waals surface area contributed by atoms with Crippen molar-refractivity contribution < 1.29 is 4.74 Å². The number of nitrogens with zero attached hydrogens (tertiary/aromatic N) is 3. The maximum Gasteiger partial charge on any atom is 0.170 e. The predicted molar refractivity (Wildman–Crippen MR) is 78.4 cm³/mol. The van der Waals surface area contributed by atoms with Crippen LogP contribution < -0.4 is 10.1 Å². The lowest BCUT2D eigenvalue weighted by Gasteiger charge is -2.20. The van der Waals surface area contributed by atoms with Gasteiger partial charge in [0.15, 0.2) is 5.82 Å². The van der Waals surface area contributed by atoms with Gasteiger partial charge in [0.05, 0.1) is 0 Å². The van der Waals surface area contributed by atoms with E-state index in [1.54, 1.807) is 6.33 Å². The molecule has 0 unspecified atom stereocenters. The van der Waals surface area contributed by atoms with Gasteiger partial charge in [-0.2, -0.15) is 0 Å². The Kier molecular flexibility index (Phi) is 4.39. The van der Waals surface area contributed by atoms with Gasteiger partial charge < -0.3 is 14.6 Å². The first kappa shape index (κ1) is 14.5. The maximum atomic E-state index is 5.69. The minimum absolute atomic E-state index is 0.125. The molecule has 0 spiro atoms. The van der Waals surface area contributed by atoms with Gasteiger partial charge >= 0.3 is 0 Å². The molecule has 0 aliphatic carbocycles. The number of nitrogens with one attached hydrogen (secondary N) is 1. The lowest BCUT2D eigenvalue weighted by molar-refractivity contribution is 0.291. The average molecular weight is 274 g/mol. The van der Waals surface area contributed by atoms with Crippen molar-refractivity contribution >= 4 is 0 Å². The van der Waals surface area contributed by atoms with Gasteiger partial charge in [-0.15, -0.1) is 10.2 Å².